The number of carbonyl (C=O) groups is 3. The van der Waals surface area contributed by atoms with Gasteiger partial charge in [-0.1, -0.05) is 37.3 Å². The van der Waals surface area contributed by atoms with Crippen molar-refractivity contribution in [2.45, 2.75) is 88.0 Å². The third kappa shape index (κ3) is 5.37. The van der Waals surface area contributed by atoms with Crippen LogP contribution < -0.4 is 15.5 Å². The Bertz CT molecular complexity index is 1410. The van der Waals surface area contributed by atoms with E-state index in [2.05, 4.69) is 10.6 Å². The molecule has 9 nitrogen and oxygen atoms in total. The summed E-state index contributed by atoms with van der Waals surface area (Å²) in [6, 6.07) is 14.6. The lowest BCUT2D eigenvalue weighted by Crippen LogP contribution is -2.45. The highest BCUT2D eigenvalue weighted by molar-refractivity contribution is 6.72. The molecule has 4 aliphatic rings. The number of hydrogen-bond donors (Lipinski definition) is 3. The second-order valence-corrected chi connectivity index (χ2v) is 17.1. The van der Waals surface area contributed by atoms with Crippen molar-refractivity contribution < 1.29 is 28.3 Å². The van der Waals surface area contributed by atoms with E-state index >= 15 is 4.11 Å². The van der Waals surface area contributed by atoms with E-state index in [9.17, 15) is 19.5 Å². The Hall–Kier alpha value is -3.12. The minimum atomic E-state index is -3.47. The summed E-state index contributed by atoms with van der Waals surface area (Å²) >= 11 is 0. The summed E-state index contributed by atoms with van der Waals surface area (Å²) in [4.78, 5) is 44.6. The first-order valence-corrected chi connectivity index (χ1v) is 18.8. The highest BCUT2D eigenvalue weighted by atomic mass is 28.4. The van der Waals surface area contributed by atoms with Crippen LogP contribution in [-0.2, 0) is 31.3 Å². The van der Waals surface area contributed by atoms with E-state index in [4.69, 9.17) is 4.74 Å². The molecule has 0 bridgehead atoms. The van der Waals surface area contributed by atoms with Crippen LogP contribution in [0, 0.1) is 5.92 Å². The van der Waals surface area contributed by atoms with E-state index in [0.717, 1.165) is 37.8 Å². The van der Waals surface area contributed by atoms with Crippen molar-refractivity contribution >= 4 is 37.5 Å². The summed E-state index contributed by atoms with van der Waals surface area (Å²) < 4.78 is 23.1. The van der Waals surface area contributed by atoms with Crippen molar-refractivity contribution in [2.75, 3.05) is 29.9 Å². The smallest absolute Gasteiger partial charge is 0.264 e. The Balaban J connectivity index is 1.39. The van der Waals surface area contributed by atoms with Gasteiger partial charge in [-0.3, -0.25) is 14.4 Å². The number of amides is 3. The standard InChI is InChI=1S/C33H43FN4O5Si/c1-21-30(44(2,3)34)28(18-29(40)37-16-8-11-24(37)20-39)43-33(21)25-17-23(36-31(41)26-12-7-15-35-26)13-14-27(25)38(32(33)42)19-22-9-5-4-6-10-22/h4-6,9-10,13-14,17,21,24,26,28,30,35,39H,7-8,11-12,15-16,18-20H2,1-3H3,(H,36,41)/t21-,24-,26+,28+,30-,33+/m0/s1. The fourth-order valence-corrected chi connectivity index (χ4v) is 10.5. The van der Waals surface area contributed by atoms with E-state index in [1.165, 1.54) is 0 Å². The fraction of sp³-hybridized carbons (Fsp3) is 0.545. The number of aliphatic hydroxyl groups is 1. The number of likely N-dealkylation sites (tertiary alicyclic amines) is 1. The van der Waals surface area contributed by atoms with Gasteiger partial charge in [0.15, 0.2) is 5.60 Å². The zero-order valence-electron chi connectivity index (χ0n) is 25.7. The zero-order valence-corrected chi connectivity index (χ0v) is 26.7. The average Bonchev–Trinajstić information content (AvgIpc) is 3.78. The van der Waals surface area contributed by atoms with Gasteiger partial charge in [0, 0.05) is 29.3 Å². The predicted molar refractivity (Wildman–Crippen MR) is 168 cm³/mol. The fourth-order valence-electron chi connectivity index (χ4n) is 8.03. The second-order valence-electron chi connectivity index (χ2n) is 13.3. The summed E-state index contributed by atoms with van der Waals surface area (Å²) in [6.07, 6.45) is 2.36. The Morgan fingerprint density at radius 3 is 2.61 bits per heavy atom. The first-order chi connectivity index (χ1) is 21.0. The second kappa shape index (κ2) is 12.0. The number of rotatable bonds is 8. The van der Waals surface area contributed by atoms with E-state index in [-0.39, 0.29) is 42.8 Å². The SMILES string of the molecule is C[C@H]1[C@H]([Si](C)(C)F)[C@@H](CC(=O)N2CCC[C@H]2CO)O[C@]12C(=O)N(Cc1ccccc1)c1ccc(NC(=O)[C@H]3CCCN3)cc12. The van der Waals surface area contributed by atoms with E-state index in [1.54, 1.807) is 35.0 Å². The van der Waals surface area contributed by atoms with Crippen LogP contribution in [0.25, 0.3) is 0 Å². The first kappa shape index (κ1) is 30.9. The molecule has 11 heteroatoms. The van der Waals surface area contributed by atoms with Gasteiger partial charge in [-0.2, -0.15) is 0 Å². The quantitative estimate of drug-likeness (QED) is 0.303. The van der Waals surface area contributed by atoms with Gasteiger partial charge >= 0.3 is 0 Å². The molecule has 4 aliphatic heterocycles. The number of hydrogen-bond acceptors (Lipinski definition) is 6. The van der Waals surface area contributed by atoms with Crippen molar-refractivity contribution in [3.63, 3.8) is 0 Å². The van der Waals surface area contributed by atoms with Crippen molar-refractivity contribution in [2.24, 2.45) is 5.92 Å². The molecule has 0 aromatic heterocycles. The molecule has 3 N–H and O–H groups in total. The lowest BCUT2D eigenvalue weighted by molar-refractivity contribution is -0.150. The number of aliphatic hydroxyl groups excluding tert-OH is 1. The highest BCUT2D eigenvalue weighted by Crippen LogP contribution is 2.60. The Labute approximate surface area is 259 Å². The lowest BCUT2D eigenvalue weighted by Gasteiger charge is -2.31. The van der Waals surface area contributed by atoms with Crippen molar-refractivity contribution in [1.82, 2.24) is 10.2 Å². The van der Waals surface area contributed by atoms with Crippen LogP contribution in [0.5, 0.6) is 0 Å². The van der Waals surface area contributed by atoms with Gasteiger partial charge in [0.25, 0.3) is 5.91 Å². The Kier molecular flexibility index (Phi) is 8.42. The van der Waals surface area contributed by atoms with Gasteiger partial charge in [0.05, 0.1) is 43.4 Å². The van der Waals surface area contributed by atoms with E-state index < -0.39 is 31.6 Å². The maximum absolute atomic E-state index is 16.3. The molecule has 1 spiro atoms. The van der Waals surface area contributed by atoms with Gasteiger partial charge in [0.1, 0.15) is 0 Å². The van der Waals surface area contributed by atoms with Crippen LogP contribution in [0.2, 0.25) is 18.6 Å². The number of carbonyl (C=O) groups excluding carboxylic acids is 3. The van der Waals surface area contributed by atoms with Crippen LogP contribution in [0.15, 0.2) is 48.5 Å². The number of benzene rings is 2. The average molecular weight is 623 g/mol. The topological polar surface area (TPSA) is 111 Å². The monoisotopic (exact) mass is 622 g/mol. The number of halogens is 1. The van der Waals surface area contributed by atoms with Crippen LogP contribution in [0.4, 0.5) is 15.5 Å². The molecule has 3 fully saturated rings. The van der Waals surface area contributed by atoms with Gasteiger partial charge < -0.3 is 34.4 Å². The molecule has 3 saturated heterocycles. The summed E-state index contributed by atoms with van der Waals surface area (Å²) in [5.74, 6) is -1.16. The van der Waals surface area contributed by atoms with Crippen LogP contribution in [0.1, 0.15) is 50.2 Å². The first-order valence-electron chi connectivity index (χ1n) is 15.9. The molecule has 44 heavy (non-hydrogen) atoms. The minimum absolute atomic E-state index is 0.0569. The maximum Gasteiger partial charge on any atom is 0.264 e. The summed E-state index contributed by atoms with van der Waals surface area (Å²) in [7, 11) is -3.47. The molecule has 4 heterocycles. The zero-order chi connectivity index (χ0) is 31.2. The summed E-state index contributed by atoms with van der Waals surface area (Å²) in [6.45, 7) is 6.64. The molecule has 6 atom stereocenters. The molecule has 6 rings (SSSR count). The maximum atomic E-state index is 16.3. The molecule has 2 aromatic carbocycles. The van der Waals surface area contributed by atoms with Crippen LogP contribution in [-0.4, -0.2) is 74.0 Å². The molecule has 2 aromatic rings. The molecular formula is C33H43FN4O5Si. The third-order valence-corrected chi connectivity index (χ3v) is 12.5. The highest BCUT2D eigenvalue weighted by Gasteiger charge is 2.67. The van der Waals surface area contributed by atoms with Gasteiger partial charge in [-0.25, -0.2) is 0 Å². The molecule has 236 valence electrons. The number of fused-ring (bicyclic) bond motifs is 2. The van der Waals surface area contributed by atoms with Crippen LogP contribution >= 0.6 is 0 Å². The van der Waals surface area contributed by atoms with E-state index in [1.807, 2.05) is 43.3 Å². The minimum Gasteiger partial charge on any atom is -0.394 e. The largest absolute Gasteiger partial charge is 0.394 e. The van der Waals surface area contributed by atoms with Crippen LogP contribution in [0.3, 0.4) is 0 Å². The van der Waals surface area contributed by atoms with Gasteiger partial charge in [-0.05, 0) is 69.1 Å². The summed E-state index contributed by atoms with van der Waals surface area (Å²) in [5, 5.41) is 16.1. The predicted octanol–water partition coefficient (Wildman–Crippen LogP) is 4.07. The number of ether oxygens (including phenoxy) is 1. The molecule has 0 aliphatic carbocycles. The van der Waals surface area contributed by atoms with Crippen molar-refractivity contribution in [3.05, 3.63) is 59.7 Å². The normalized spacial score (nSPS) is 29.9. The lowest BCUT2D eigenvalue weighted by atomic mass is 9.82. The Morgan fingerprint density at radius 2 is 1.93 bits per heavy atom. The van der Waals surface area contributed by atoms with Crippen molar-refractivity contribution in [3.8, 4) is 0 Å². The number of anilines is 2. The number of nitrogens with zero attached hydrogens (tertiary/aromatic N) is 2. The van der Waals surface area contributed by atoms with Gasteiger partial charge in [-0.15, -0.1) is 0 Å². The summed E-state index contributed by atoms with van der Waals surface area (Å²) in [5.41, 5.74) is 0.594. The van der Waals surface area contributed by atoms with Crippen molar-refractivity contribution in [1.29, 1.82) is 0 Å². The molecule has 0 radical (unpaired) electrons. The third-order valence-electron chi connectivity index (χ3n) is 10.1. The van der Waals surface area contributed by atoms with E-state index in [0.29, 0.717) is 30.0 Å². The van der Waals surface area contributed by atoms with Gasteiger partial charge in [0.2, 0.25) is 20.2 Å². The number of nitrogens with one attached hydrogen (secondary N) is 2. The Morgan fingerprint density at radius 1 is 1.16 bits per heavy atom. The molecule has 3 amide bonds. The molecule has 0 saturated carbocycles. The molecule has 0 unspecified atom stereocenters. The molecular weight excluding hydrogens is 579 g/mol.